The molecule has 69 heavy (non-hydrogen) atoms. The fourth-order valence-electron chi connectivity index (χ4n) is 11.7. The Morgan fingerprint density at radius 3 is 1.17 bits per heavy atom. The van der Waals surface area contributed by atoms with Gasteiger partial charge in [0.2, 0.25) is 0 Å². The molecular weight excluding hydrogens is 849 g/mol. The van der Waals surface area contributed by atoms with E-state index in [4.69, 9.17) is 0 Å². The fourth-order valence-corrected chi connectivity index (χ4v) is 16.9. The first-order chi connectivity index (χ1) is 34.2. The molecule has 0 radical (unpaired) electrons. The minimum Gasteiger partial charge on any atom is -0.309 e. The van der Waals surface area contributed by atoms with E-state index < -0.39 is 8.07 Å². The lowest BCUT2D eigenvalue weighted by Crippen LogP contribution is -2.72. The summed E-state index contributed by atoms with van der Waals surface area (Å²) in [5, 5.41) is 10.6. The van der Waals surface area contributed by atoms with Gasteiger partial charge in [-0.05, 0) is 132 Å². The second-order valence-electron chi connectivity index (χ2n) is 18.4. The van der Waals surface area contributed by atoms with E-state index in [9.17, 15) is 0 Å². The molecule has 0 spiro atoms. The van der Waals surface area contributed by atoms with Crippen molar-refractivity contribution in [1.29, 1.82) is 0 Å². The van der Waals surface area contributed by atoms with E-state index in [1.54, 1.807) is 0 Å². The fraction of sp³-hybridized carbons (Fsp3) is 0. The van der Waals surface area contributed by atoms with Gasteiger partial charge >= 0.3 is 0 Å². The van der Waals surface area contributed by atoms with E-state index in [2.05, 4.69) is 276 Å². The van der Waals surface area contributed by atoms with Crippen LogP contribution in [0.15, 0.2) is 267 Å². The van der Waals surface area contributed by atoms with E-state index in [-0.39, 0.29) is 0 Å². The molecule has 0 fully saturated rings. The maximum Gasteiger partial charge on any atom is 0.180 e. The zero-order valence-electron chi connectivity index (χ0n) is 37.8. The summed E-state index contributed by atoms with van der Waals surface area (Å²) in [7, 11) is -2.77. The van der Waals surface area contributed by atoms with Crippen LogP contribution in [0.3, 0.4) is 0 Å². The molecule has 322 valence electrons. The summed E-state index contributed by atoms with van der Waals surface area (Å²) in [6.45, 7) is 0. The molecule has 2 nitrogen and oxygen atoms in total. The third-order valence-electron chi connectivity index (χ3n) is 14.8. The quantitative estimate of drug-likeness (QED) is 0.141. The van der Waals surface area contributed by atoms with Crippen molar-refractivity contribution in [3.8, 4) is 55.9 Å². The molecule has 0 aliphatic carbocycles. The Labute approximate surface area is 402 Å². The lowest BCUT2D eigenvalue weighted by Gasteiger charge is -2.31. The van der Waals surface area contributed by atoms with Crippen LogP contribution in [0, 0.1) is 0 Å². The Bertz CT molecular complexity index is 4040. The smallest absolute Gasteiger partial charge is 0.180 e. The third-order valence-corrected chi connectivity index (χ3v) is 19.7. The van der Waals surface area contributed by atoms with Crippen molar-refractivity contribution in [3.05, 3.63) is 267 Å². The minimum absolute atomic E-state index is 1.14. The Morgan fingerprint density at radius 2 is 0.623 bits per heavy atom. The molecule has 0 unspecified atom stereocenters. The van der Waals surface area contributed by atoms with E-state index in [0.717, 1.165) is 11.4 Å². The number of hydrogen-bond donors (Lipinski definition) is 0. The van der Waals surface area contributed by atoms with Crippen LogP contribution in [0.2, 0.25) is 0 Å². The summed E-state index contributed by atoms with van der Waals surface area (Å²) in [5.41, 5.74) is 17.0. The van der Waals surface area contributed by atoms with Crippen molar-refractivity contribution in [2.24, 2.45) is 0 Å². The normalized spacial score (nSPS) is 12.8. The highest BCUT2D eigenvalue weighted by atomic mass is 28.3. The molecule has 0 saturated carbocycles. The molecule has 2 aromatic heterocycles. The SMILES string of the molecule is c1ccc(-c2ccc(-n3c4ccc(-c5ccccc5)cc4c4cc(-n5c6ccc(-c7ccccc7)cc6c6cc7c(cc65)[Si](c5ccccc5)(c5ccccc5)c5ccccc5-7)ccc43)cc2)cc1. The first-order valence-electron chi connectivity index (χ1n) is 23.9. The van der Waals surface area contributed by atoms with Crippen LogP contribution in [0.1, 0.15) is 0 Å². The van der Waals surface area contributed by atoms with Crippen LogP contribution < -0.4 is 20.7 Å². The summed E-state index contributed by atoms with van der Waals surface area (Å²) in [4.78, 5) is 0. The van der Waals surface area contributed by atoms with Gasteiger partial charge in [-0.3, -0.25) is 0 Å². The molecule has 3 heterocycles. The Balaban J connectivity index is 1.06. The standard InChI is InChI=1S/C66H44N2Si/c1-6-18-45(19-7-1)48-30-34-51(35-31-48)67-61-37-32-49(46-20-8-2-9-21-46)40-56(61)58-42-52(36-39-63(58)67)68-62-38-33-50(47-22-10-3-11-23-47)41-57(62)59-43-60-55-28-16-17-29-65(55)69(66(60)44-64(59)68,53-24-12-4-13-25-53)54-26-14-5-15-27-54/h1-44H. The van der Waals surface area contributed by atoms with E-state index in [0.29, 0.717) is 0 Å². The van der Waals surface area contributed by atoms with Crippen molar-refractivity contribution < 1.29 is 0 Å². The van der Waals surface area contributed by atoms with Crippen LogP contribution in [-0.2, 0) is 0 Å². The van der Waals surface area contributed by atoms with Gasteiger partial charge in [0.15, 0.2) is 8.07 Å². The second-order valence-corrected chi connectivity index (χ2v) is 22.2. The number of aromatic nitrogens is 2. The highest BCUT2D eigenvalue weighted by Gasteiger charge is 2.49. The molecule has 14 rings (SSSR count). The number of nitrogens with zero attached hydrogens (tertiary/aromatic N) is 2. The first kappa shape index (κ1) is 39.4. The van der Waals surface area contributed by atoms with E-state index in [1.807, 2.05) is 0 Å². The molecule has 0 bridgehead atoms. The van der Waals surface area contributed by atoms with Crippen molar-refractivity contribution in [3.63, 3.8) is 0 Å². The van der Waals surface area contributed by atoms with Crippen molar-refractivity contribution >= 4 is 72.4 Å². The van der Waals surface area contributed by atoms with Crippen LogP contribution in [0.4, 0.5) is 0 Å². The maximum absolute atomic E-state index is 2.77. The molecule has 0 N–H and O–H groups in total. The summed E-state index contributed by atoms with van der Waals surface area (Å²) < 4.78 is 5.00. The number of hydrogen-bond acceptors (Lipinski definition) is 0. The predicted octanol–water partition coefficient (Wildman–Crippen LogP) is 14.2. The number of rotatable bonds is 7. The van der Waals surface area contributed by atoms with Gasteiger partial charge in [0, 0.05) is 32.9 Å². The van der Waals surface area contributed by atoms with Crippen molar-refractivity contribution in [2.45, 2.75) is 0 Å². The molecule has 13 aromatic rings. The van der Waals surface area contributed by atoms with Gasteiger partial charge < -0.3 is 9.13 Å². The van der Waals surface area contributed by atoms with Gasteiger partial charge in [-0.15, -0.1) is 0 Å². The third kappa shape index (κ3) is 6.04. The minimum atomic E-state index is -2.77. The molecule has 3 heteroatoms. The summed E-state index contributed by atoms with van der Waals surface area (Å²) in [5.74, 6) is 0. The maximum atomic E-state index is 2.59. The van der Waals surface area contributed by atoms with E-state index in [1.165, 1.54) is 109 Å². The Morgan fingerprint density at radius 1 is 0.232 bits per heavy atom. The molecule has 1 aliphatic rings. The Kier molecular flexibility index (Phi) is 8.95. The first-order valence-corrected chi connectivity index (χ1v) is 25.9. The van der Waals surface area contributed by atoms with Gasteiger partial charge in [0.25, 0.3) is 0 Å². The lowest BCUT2D eigenvalue weighted by molar-refractivity contribution is 1.17. The van der Waals surface area contributed by atoms with Crippen molar-refractivity contribution in [2.75, 3.05) is 0 Å². The highest BCUT2D eigenvalue weighted by Crippen LogP contribution is 2.42. The van der Waals surface area contributed by atoms with Gasteiger partial charge in [0.1, 0.15) is 0 Å². The second kappa shape index (κ2) is 15.7. The molecule has 1 aliphatic heterocycles. The van der Waals surface area contributed by atoms with Crippen LogP contribution in [0.5, 0.6) is 0 Å². The molecular formula is C66H44N2Si. The molecule has 11 aromatic carbocycles. The monoisotopic (exact) mass is 892 g/mol. The summed E-state index contributed by atoms with van der Waals surface area (Å²) in [6.07, 6.45) is 0. The zero-order chi connectivity index (χ0) is 45.5. The van der Waals surface area contributed by atoms with Crippen LogP contribution >= 0.6 is 0 Å². The number of fused-ring (bicyclic) bond motifs is 9. The van der Waals surface area contributed by atoms with Gasteiger partial charge in [0.05, 0.1) is 22.1 Å². The number of benzene rings is 11. The molecule has 0 atom stereocenters. The van der Waals surface area contributed by atoms with Crippen molar-refractivity contribution in [1.82, 2.24) is 9.13 Å². The molecule has 0 saturated heterocycles. The largest absolute Gasteiger partial charge is 0.309 e. The van der Waals surface area contributed by atoms with Gasteiger partial charge in [-0.2, -0.15) is 0 Å². The van der Waals surface area contributed by atoms with Crippen LogP contribution in [0.25, 0.3) is 99.5 Å². The van der Waals surface area contributed by atoms with Crippen LogP contribution in [-0.4, -0.2) is 17.2 Å². The highest BCUT2D eigenvalue weighted by molar-refractivity contribution is 7.22. The topological polar surface area (TPSA) is 9.86 Å². The Hall–Kier alpha value is -8.76. The summed E-state index contributed by atoms with van der Waals surface area (Å²) >= 11 is 0. The lowest BCUT2D eigenvalue weighted by atomic mass is 10.0. The summed E-state index contributed by atoms with van der Waals surface area (Å²) in [6, 6.07) is 99.5. The van der Waals surface area contributed by atoms with Gasteiger partial charge in [-0.25, -0.2) is 0 Å². The molecule has 0 amide bonds. The van der Waals surface area contributed by atoms with Gasteiger partial charge in [-0.1, -0.05) is 200 Å². The van der Waals surface area contributed by atoms with E-state index >= 15 is 0 Å². The average molecular weight is 893 g/mol. The zero-order valence-corrected chi connectivity index (χ0v) is 38.8. The average Bonchev–Trinajstić information content (AvgIpc) is 4.04. The predicted molar refractivity (Wildman–Crippen MR) is 294 cm³/mol.